The number of aromatic carboxylic acids is 3. The van der Waals surface area contributed by atoms with E-state index in [-0.39, 0.29) is 97.7 Å². The van der Waals surface area contributed by atoms with Gasteiger partial charge in [-0.3, -0.25) is 19.4 Å². The van der Waals surface area contributed by atoms with Crippen molar-refractivity contribution >= 4 is 80.6 Å². The first-order chi connectivity index (χ1) is 34.8. The zero-order chi connectivity index (χ0) is 52.2. The molecule has 74 heavy (non-hydrogen) atoms. The molecule has 2 aliphatic carbocycles. The number of carbonyl (C=O) groups excluding carboxylic acids is 2. The fraction of sp³-hybridized carbons (Fsp3) is 0.127. The lowest BCUT2D eigenvalue weighted by atomic mass is 9.89. The molecule has 3 heterocycles. The Bertz CT molecular complexity index is 3900. The van der Waals surface area contributed by atoms with Gasteiger partial charge in [-0.2, -0.15) is 0 Å². The van der Waals surface area contributed by atoms with Crippen molar-refractivity contribution in [3.8, 4) is 50.7 Å². The minimum atomic E-state index is -1.42. The van der Waals surface area contributed by atoms with Crippen molar-refractivity contribution in [2.45, 2.75) is 20.5 Å². The number of benzene rings is 6. The predicted octanol–water partition coefficient (Wildman–Crippen LogP) is 9.18. The van der Waals surface area contributed by atoms with E-state index in [0.29, 0.717) is 39.0 Å². The molecule has 2 amide bonds. The molecule has 4 aliphatic rings. The van der Waals surface area contributed by atoms with Gasteiger partial charge >= 0.3 is 17.9 Å². The van der Waals surface area contributed by atoms with Gasteiger partial charge in [0.25, 0.3) is 11.8 Å². The minimum Gasteiger partial charge on any atom is -0.507 e. The van der Waals surface area contributed by atoms with Crippen LogP contribution in [0.1, 0.15) is 70.5 Å². The van der Waals surface area contributed by atoms with Gasteiger partial charge in [0.05, 0.1) is 50.5 Å². The maximum absolute atomic E-state index is 13.8. The van der Waals surface area contributed by atoms with E-state index in [0.717, 1.165) is 17.1 Å². The number of carbonyl (C=O) groups is 5. The molecule has 5 aromatic rings. The number of aromatic nitrogens is 1. The van der Waals surface area contributed by atoms with Gasteiger partial charge in [0, 0.05) is 89.3 Å². The molecule has 0 saturated heterocycles. The minimum absolute atomic E-state index is 0. The number of amides is 2. The van der Waals surface area contributed by atoms with Crippen LogP contribution in [0.3, 0.4) is 0 Å². The average molecular weight is 1040 g/mol. The highest BCUT2D eigenvalue weighted by Crippen LogP contribution is 2.48. The number of pyridine rings is 1. The first-order valence-corrected chi connectivity index (χ1v) is 22.8. The molecule has 6 N–H and O–H groups in total. The van der Waals surface area contributed by atoms with Crippen LogP contribution in [0.15, 0.2) is 123 Å². The number of nitrogens with zero attached hydrogens (tertiary/aromatic N) is 3. The van der Waals surface area contributed by atoms with Crippen LogP contribution < -0.4 is 30.9 Å². The van der Waals surface area contributed by atoms with Crippen molar-refractivity contribution in [3.05, 3.63) is 174 Å². The van der Waals surface area contributed by atoms with Crippen molar-refractivity contribution in [1.82, 2.24) is 20.2 Å². The Kier molecular flexibility index (Phi) is 14.0. The van der Waals surface area contributed by atoms with Gasteiger partial charge in [-0.1, -0.05) is 42.8 Å². The van der Waals surface area contributed by atoms with E-state index in [1.807, 2.05) is 74.1 Å². The zero-order valence-corrected chi connectivity index (χ0v) is 40.5. The molecule has 1 aromatic heterocycles. The molecule has 0 saturated carbocycles. The normalized spacial score (nSPS) is 11.1. The van der Waals surface area contributed by atoms with Gasteiger partial charge in [-0.05, 0) is 77.9 Å². The first kappa shape index (κ1) is 51.3. The Morgan fingerprint density at radius 3 is 2.04 bits per heavy atom. The summed E-state index contributed by atoms with van der Waals surface area (Å²) < 4.78 is 14.5. The number of carboxylic acid groups (broad SMARTS) is 3. The molecule has 9 rings (SSSR count). The van der Waals surface area contributed by atoms with E-state index >= 15 is 0 Å². The molecule has 0 radical (unpaired) electrons. The summed E-state index contributed by atoms with van der Waals surface area (Å²) in [5, 5.41) is 48.2. The second-order valence-electron chi connectivity index (χ2n) is 17.3. The van der Waals surface area contributed by atoms with E-state index in [9.17, 15) is 49.2 Å². The lowest BCUT2D eigenvalue weighted by Gasteiger charge is -2.21. The van der Waals surface area contributed by atoms with Crippen LogP contribution in [0.2, 0.25) is 10.0 Å². The van der Waals surface area contributed by atoms with Gasteiger partial charge in [0.1, 0.15) is 48.2 Å². The highest BCUT2D eigenvalue weighted by Gasteiger charge is 2.30. The summed E-state index contributed by atoms with van der Waals surface area (Å²) >= 11 is 13.8. The quantitative estimate of drug-likeness (QED) is 0.0493. The number of halogens is 2. The lowest BCUT2D eigenvalue weighted by molar-refractivity contribution is 0.0682. The molecule has 0 atom stereocenters. The number of phenols is 1. The van der Waals surface area contributed by atoms with Gasteiger partial charge in [-0.25, -0.2) is 19.0 Å². The molecule has 17 nitrogen and oxygen atoms in total. The Labute approximate surface area is 430 Å². The Hall–Kier alpha value is -9.06. The summed E-state index contributed by atoms with van der Waals surface area (Å²) in [4.78, 5) is 83.3. The largest absolute Gasteiger partial charge is 0.507 e. The van der Waals surface area contributed by atoms with Gasteiger partial charge in [0.15, 0.2) is 5.43 Å². The number of anilines is 1. The molecule has 374 valence electrons. The molecule has 2 aliphatic heterocycles. The number of fused-ring (bicyclic) bond motifs is 4. The molecular formula is C55H44Cl2N5O12+. The molecular weight excluding hydrogens is 994 g/mol. The highest BCUT2D eigenvalue weighted by molar-refractivity contribution is 6.41. The molecule has 4 aromatic carbocycles. The van der Waals surface area contributed by atoms with Crippen LogP contribution >= 0.6 is 23.2 Å². The molecule has 0 bridgehead atoms. The molecule has 0 unspecified atom stereocenters. The van der Waals surface area contributed by atoms with E-state index in [1.165, 1.54) is 66.9 Å². The van der Waals surface area contributed by atoms with E-state index in [1.54, 1.807) is 0 Å². The molecule has 0 spiro atoms. The predicted molar refractivity (Wildman–Crippen MR) is 280 cm³/mol. The van der Waals surface area contributed by atoms with E-state index < -0.39 is 40.7 Å². The van der Waals surface area contributed by atoms with Crippen LogP contribution in [-0.2, 0) is 13.1 Å². The van der Waals surface area contributed by atoms with Crippen LogP contribution in [0.5, 0.6) is 5.75 Å². The summed E-state index contributed by atoms with van der Waals surface area (Å²) in [6.07, 6.45) is 1.34. The third kappa shape index (κ3) is 9.44. The third-order valence-electron chi connectivity index (χ3n) is 12.3. The fourth-order valence-electron chi connectivity index (χ4n) is 8.64. The monoisotopic (exact) mass is 1040 g/mol. The number of aromatic hydroxyl groups is 1. The Morgan fingerprint density at radius 2 is 1.36 bits per heavy atom. The number of carboxylic acids is 3. The summed E-state index contributed by atoms with van der Waals surface area (Å²) in [6.45, 7) is -0.461. The van der Waals surface area contributed by atoms with Crippen molar-refractivity contribution in [2.75, 3.05) is 33.1 Å². The number of hydrogen-bond acceptors (Lipinski definition) is 11. The van der Waals surface area contributed by atoms with Crippen molar-refractivity contribution < 1.29 is 53.2 Å². The fourth-order valence-corrected chi connectivity index (χ4v) is 9.26. The average Bonchev–Trinajstić information content (AvgIpc) is 3.36. The number of hydrogen-bond donors (Lipinski definition) is 6. The van der Waals surface area contributed by atoms with Crippen molar-refractivity contribution in [3.63, 3.8) is 0 Å². The molecule has 0 fully saturated rings. The zero-order valence-electron chi connectivity index (χ0n) is 39.0. The summed E-state index contributed by atoms with van der Waals surface area (Å²) in [7, 11) is 7.52. The number of phenolic OH excluding ortho intramolecular Hbond substituents is 1. The van der Waals surface area contributed by atoms with Crippen LogP contribution in [0, 0.1) is 0 Å². The standard InChI is InChI=1S/C54H39Cl2N5O12.CH4/c1-60(2)27-7-11-32-41(18-27)72-42-19-28(61(3)4)8-12-33(42)45(32)46-38(55)21-36(48(56)47(46)54(70)71)50(64)58-23-25-5-15-39(57-22-25)51(65)59-24-37-40(63)16-14-34-44(31-13-9-29(62)20-43(31)73-49(34)37)30-10-6-26(52(66)67)17-35(30)53(68)69;/h5-22H,23-24H2,1-4H3,(H5-,58,59,62,63,64,65,66,67,68,69,70,71);1H4/p+1. The second-order valence-corrected chi connectivity index (χ2v) is 18.0. The number of rotatable bonds is 12. The Morgan fingerprint density at radius 1 is 0.676 bits per heavy atom. The first-order valence-electron chi connectivity index (χ1n) is 22.1. The van der Waals surface area contributed by atoms with Gasteiger partial charge in [0.2, 0.25) is 5.36 Å². The topological polar surface area (TPSA) is 253 Å². The van der Waals surface area contributed by atoms with Crippen LogP contribution in [0.4, 0.5) is 5.69 Å². The smallest absolute Gasteiger partial charge is 0.337 e. The summed E-state index contributed by atoms with van der Waals surface area (Å²) in [5.41, 5.74) is 1.94. The highest BCUT2D eigenvalue weighted by atomic mass is 35.5. The maximum Gasteiger partial charge on any atom is 0.337 e. The number of nitrogens with one attached hydrogen (secondary N) is 2. The van der Waals surface area contributed by atoms with Gasteiger partial charge in [-0.15, -0.1) is 0 Å². The van der Waals surface area contributed by atoms with Crippen LogP contribution in [-0.4, -0.2) is 83.3 Å². The third-order valence-corrected chi connectivity index (χ3v) is 13.0. The second kappa shape index (κ2) is 20.2. The van der Waals surface area contributed by atoms with Crippen molar-refractivity contribution in [1.29, 1.82) is 0 Å². The summed E-state index contributed by atoms with van der Waals surface area (Å²) in [5.74, 6) is -5.41. The summed E-state index contributed by atoms with van der Waals surface area (Å²) in [6, 6.07) is 25.6. The maximum atomic E-state index is 13.8. The lowest BCUT2D eigenvalue weighted by Crippen LogP contribution is -2.25. The Balaban J connectivity index is 0.00000729. The van der Waals surface area contributed by atoms with E-state index in [2.05, 4.69) is 15.6 Å². The SMILES string of the molecule is C.CN(C)c1ccc2c(-c3c(Cl)cc(C(=O)NCc4ccc(C(=O)NCc5c(O)ccc6c(-c7ccc(C(=O)O)cc7C(=O)O)c7ccc(=O)cc-7oc56)nc4)c(Cl)c3C(=O)O)c3ccc(=[N+](C)C)cc-3oc2c1. The van der Waals surface area contributed by atoms with Gasteiger partial charge < -0.3 is 44.8 Å². The molecule has 19 heteroatoms. The van der Waals surface area contributed by atoms with Crippen molar-refractivity contribution in [2.24, 2.45) is 0 Å². The van der Waals surface area contributed by atoms with Crippen LogP contribution in [0.25, 0.3) is 66.8 Å². The van der Waals surface area contributed by atoms with E-state index in [4.69, 9.17) is 32.0 Å².